The minimum atomic E-state index is -1.08. The molecule has 1 amide bonds. The molecular formula is C12H14N2O3. The molecule has 0 saturated heterocycles. The molecule has 0 saturated carbocycles. The van der Waals surface area contributed by atoms with Crippen molar-refractivity contribution in [3.05, 3.63) is 36.2 Å². The van der Waals surface area contributed by atoms with Gasteiger partial charge in [-0.15, -0.1) is 6.58 Å². The smallest absolute Gasteiger partial charge is 0.337 e. The fraction of sp³-hybridized carbons (Fsp3) is 0.250. The van der Waals surface area contributed by atoms with Gasteiger partial charge in [-0.2, -0.15) is 0 Å². The van der Waals surface area contributed by atoms with E-state index < -0.39 is 5.97 Å². The first-order chi connectivity index (χ1) is 7.97. The standard InChI is InChI=1S/C12H14N2O3/c1-4-5-14(9(3)15)11-7-13-8(2)6-10(11)12(16)17/h4,6-7H,1,5H2,2-3H3,(H,16,17). The summed E-state index contributed by atoms with van der Waals surface area (Å²) in [4.78, 5) is 27.9. The summed E-state index contributed by atoms with van der Waals surface area (Å²) in [5.74, 6) is -1.33. The average Bonchev–Trinajstić information content (AvgIpc) is 2.26. The van der Waals surface area contributed by atoms with Crippen LogP contribution in [0.5, 0.6) is 0 Å². The van der Waals surface area contributed by atoms with Crippen molar-refractivity contribution in [1.29, 1.82) is 0 Å². The molecule has 0 spiro atoms. The summed E-state index contributed by atoms with van der Waals surface area (Å²) >= 11 is 0. The maximum Gasteiger partial charge on any atom is 0.337 e. The van der Waals surface area contributed by atoms with Crippen molar-refractivity contribution in [2.45, 2.75) is 13.8 Å². The first-order valence-corrected chi connectivity index (χ1v) is 5.06. The number of carboxylic acid groups (broad SMARTS) is 1. The molecule has 0 aliphatic carbocycles. The van der Waals surface area contributed by atoms with Gasteiger partial charge in [0.2, 0.25) is 5.91 Å². The largest absolute Gasteiger partial charge is 0.478 e. The number of hydrogen-bond donors (Lipinski definition) is 1. The van der Waals surface area contributed by atoms with Crippen LogP contribution in [0, 0.1) is 6.92 Å². The number of carbonyl (C=O) groups excluding carboxylic acids is 1. The first-order valence-electron chi connectivity index (χ1n) is 5.06. The Morgan fingerprint density at radius 1 is 1.59 bits per heavy atom. The Labute approximate surface area is 99.4 Å². The van der Waals surface area contributed by atoms with Crippen LogP contribution in [-0.4, -0.2) is 28.5 Å². The number of pyridine rings is 1. The van der Waals surface area contributed by atoms with Crippen molar-refractivity contribution in [3.8, 4) is 0 Å². The lowest BCUT2D eigenvalue weighted by molar-refractivity contribution is -0.116. The van der Waals surface area contributed by atoms with Crippen LogP contribution in [0.15, 0.2) is 24.9 Å². The van der Waals surface area contributed by atoms with Crippen molar-refractivity contribution in [1.82, 2.24) is 4.98 Å². The monoisotopic (exact) mass is 234 g/mol. The van der Waals surface area contributed by atoms with Gasteiger partial charge in [-0.3, -0.25) is 9.78 Å². The number of nitrogens with zero attached hydrogens (tertiary/aromatic N) is 2. The Bertz CT molecular complexity index is 469. The second-order valence-corrected chi connectivity index (χ2v) is 3.57. The van der Waals surface area contributed by atoms with Crippen LogP contribution in [0.25, 0.3) is 0 Å². The van der Waals surface area contributed by atoms with Crippen LogP contribution in [-0.2, 0) is 4.79 Å². The number of aromatic nitrogens is 1. The molecule has 1 heterocycles. The molecule has 1 aromatic rings. The van der Waals surface area contributed by atoms with Crippen molar-refractivity contribution < 1.29 is 14.7 Å². The zero-order valence-electron chi connectivity index (χ0n) is 9.80. The number of hydrogen-bond acceptors (Lipinski definition) is 3. The molecule has 0 fully saturated rings. The van der Waals surface area contributed by atoms with Crippen LogP contribution in [0.2, 0.25) is 0 Å². The third kappa shape index (κ3) is 2.90. The van der Waals surface area contributed by atoms with E-state index in [2.05, 4.69) is 11.6 Å². The number of rotatable bonds is 4. The average molecular weight is 234 g/mol. The van der Waals surface area contributed by atoms with Gasteiger partial charge in [0.25, 0.3) is 0 Å². The van der Waals surface area contributed by atoms with E-state index >= 15 is 0 Å². The molecular weight excluding hydrogens is 220 g/mol. The van der Waals surface area contributed by atoms with Gasteiger partial charge in [-0.25, -0.2) is 4.79 Å². The summed E-state index contributed by atoms with van der Waals surface area (Å²) in [6.07, 6.45) is 2.93. The maximum atomic E-state index is 11.5. The van der Waals surface area contributed by atoms with Gasteiger partial charge < -0.3 is 10.0 Å². The van der Waals surface area contributed by atoms with E-state index in [-0.39, 0.29) is 23.7 Å². The number of aryl methyl sites for hydroxylation is 1. The zero-order chi connectivity index (χ0) is 13.0. The minimum Gasteiger partial charge on any atom is -0.478 e. The van der Waals surface area contributed by atoms with E-state index in [0.717, 1.165) is 0 Å². The van der Waals surface area contributed by atoms with E-state index in [9.17, 15) is 9.59 Å². The zero-order valence-corrected chi connectivity index (χ0v) is 9.80. The summed E-state index contributed by atoms with van der Waals surface area (Å²) < 4.78 is 0. The van der Waals surface area contributed by atoms with Gasteiger partial charge in [0.05, 0.1) is 17.4 Å². The molecule has 1 rings (SSSR count). The van der Waals surface area contributed by atoms with E-state index in [4.69, 9.17) is 5.11 Å². The summed E-state index contributed by atoms with van der Waals surface area (Å²) in [5, 5.41) is 9.10. The van der Waals surface area contributed by atoms with Crippen molar-refractivity contribution in [3.63, 3.8) is 0 Å². The Morgan fingerprint density at radius 3 is 2.71 bits per heavy atom. The molecule has 17 heavy (non-hydrogen) atoms. The lowest BCUT2D eigenvalue weighted by atomic mass is 10.1. The number of amides is 1. The number of carbonyl (C=O) groups is 2. The first kappa shape index (κ1) is 12.9. The predicted octanol–water partition coefficient (Wildman–Crippen LogP) is 1.63. The summed E-state index contributed by atoms with van der Waals surface area (Å²) in [6, 6.07) is 1.44. The van der Waals surface area contributed by atoms with Crippen molar-refractivity contribution in [2.75, 3.05) is 11.4 Å². The second-order valence-electron chi connectivity index (χ2n) is 3.57. The van der Waals surface area contributed by atoms with Crippen molar-refractivity contribution >= 4 is 17.6 Å². The highest BCUT2D eigenvalue weighted by Gasteiger charge is 2.18. The number of anilines is 1. The Hall–Kier alpha value is -2.17. The Kier molecular flexibility index (Phi) is 3.98. The second kappa shape index (κ2) is 5.25. The molecule has 0 aromatic carbocycles. The molecule has 0 bridgehead atoms. The molecule has 5 heteroatoms. The lowest BCUT2D eigenvalue weighted by Gasteiger charge is -2.20. The van der Waals surface area contributed by atoms with Crippen LogP contribution in [0.1, 0.15) is 23.0 Å². The molecule has 0 unspecified atom stereocenters. The molecule has 0 atom stereocenters. The van der Waals surface area contributed by atoms with E-state index in [1.165, 1.54) is 30.2 Å². The maximum absolute atomic E-state index is 11.5. The Morgan fingerprint density at radius 2 is 2.24 bits per heavy atom. The molecule has 5 nitrogen and oxygen atoms in total. The van der Waals surface area contributed by atoms with Gasteiger partial charge in [-0.05, 0) is 13.0 Å². The molecule has 0 aliphatic heterocycles. The number of carboxylic acids is 1. The van der Waals surface area contributed by atoms with Gasteiger partial charge in [0.15, 0.2) is 0 Å². The molecule has 1 aromatic heterocycles. The third-order valence-electron chi connectivity index (χ3n) is 2.23. The fourth-order valence-electron chi connectivity index (χ4n) is 1.46. The van der Waals surface area contributed by atoms with Crippen LogP contribution in [0.3, 0.4) is 0 Å². The normalized spacial score (nSPS) is 9.76. The van der Waals surface area contributed by atoms with Gasteiger partial charge in [0, 0.05) is 19.2 Å². The van der Waals surface area contributed by atoms with Crippen molar-refractivity contribution in [2.24, 2.45) is 0 Å². The highest BCUT2D eigenvalue weighted by Crippen LogP contribution is 2.20. The summed E-state index contributed by atoms with van der Waals surface area (Å²) in [5.41, 5.74) is 0.943. The van der Waals surface area contributed by atoms with Crippen LogP contribution >= 0.6 is 0 Å². The molecule has 1 N–H and O–H groups in total. The van der Waals surface area contributed by atoms with E-state index in [0.29, 0.717) is 5.69 Å². The topological polar surface area (TPSA) is 70.5 Å². The minimum absolute atomic E-state index is 0.0644. The Balaban J connectivity index is 3.31. The highest BCUT2D eigenvalue weighted by atomic mass is 16.4. The van der Waals surface area contributed by atoms with Crippen LogP contribution in [0.4, 0.5) is 5.69 Å². The van der Waals surface area contributed by atoms with E-state index in [1.807, 2.05) is 0 Å². The van der Waals surface area contributed by atoms with Gasteiger partial charge >= 0.3 is 5.97 Å². The lowest BCUT2D eigenvalue weighted by Crippen LogP contribution is -2.30. The van der Waals surface area contributed by atoms with Gasteiger partial charge in [0.1, 0.15) is 0 Å². The predicted molar refractivity (Wildman–Crippen MR) is 64.2 cm³/mol. The molecule has 90 valence electrons. The van der Waals surface area contributed by atoms with Gasteiger partial charge in [-0.1, -0.05) is 6.08 Å². The summed E-state index contributed by atoms with van der Waals surface area (Å²) in [7, 11) is 0. The molecule has 0 aliphatic rings. The van der Waals surface area contributed by atoms with E-state index in [1.54, 1.807) is 6.92 Å². The van der Waals surface area contributed by atoms with Crippen LogP contribution < -0.4 is 4.90 Å². The quantitative estimate of drug-likeness (QED) is 0.804. The SMILES string of the molecule is C=CCN(C(C)=O)c1cnc(C)cc1C(=O)O. The molecule has 0 radical (unpaired) electrons. The highest BCUT2D eigenvalue weighted by molar-refractivity contribution is 6.01. The fourth-order valence-corrected chi connectivity index (χ4v) is 1.46. The number of aromatic carboxylic acids is 1. The summed E-state index contributed by atoms with van der Waals surface area (Å²) in [6.45, 7) is 6.86. The third-order valence-corrected chi connectivity index (χ3v) is 2.23.